The van der Waals surface area contributed by atoms with Crippen LogP contribution >= 0.6 is 0 Å². The zero-order valence-corrected chi connectivity index (χ0v) is 19.2. The first kappa shape index (κ1) is 22.8. The van der Waals surface area contributed by atoms with Gasteiger partial charge in [0, 0.05) is 31.6 Å². The number of halogens is 1. The fourth-order valence-corrected chi connectivity index (χ4v) is 6.08. The van der Waals surface area contributed by atoms with Crippen LogP contribution < -0.4 is 5.32 Å². The summed E-state index contributed by atoms with van der Waals surface area (Å²) in [6.07, 6.45) is 5.84. The van der Waals surface area contributed by atoms with Crippen molar-refractivity contribution in [1.82, 2.24) is 19.1 Å². The van der Waals surface area contributed by atoms with Gasteiger partial charge in [0.25, 0.3) is 0 Å². The largest absolute Gasteiger partial charge is 0.323 e. The number of amides is 1. The Morgan fingerprint density at radius 3 is 2.84 bits per heavy atom. The third kappa shape index (κ3) is 4.85. The average Bonchev–Trinajstić information content (AvgIpc) is 3.03. The number of hydrogen-bond acceptors (Lipinski definition) is 5. The normalized spacial score (nSPS) is 19.9. The van der Waals surface area contributed by atoms with Gasteiger partial charge in [-0.05, 0) is 50.3 Å². The molecule has 32 heavy (non-hydrogen) atoms. The molecule has 1 aromatic carbocycles. The van der Waals surface area contributed by atoms with E-state index >= 15 is 0 Å². The summed E-state index contributed by atoms with van der Waals surface area (Å²) < 4.78 is 42.8. The third-order valence-electron chi connectivity index (χ3n) is 6.20. The molecule has 1 atom stereocenters. The van der Waals surface area contributed by atoms with E-state index in [0.717, 1.165) is 38.1 Å². The Bertz CT molecular complexity index is 1090. The molecule has 1 unspecified atom stereocenters. The molecule has 0 aliphatic carbocycles. The number of sulfonamides is 1. The lowest BCUT2D eigenvalue weighted by molar-refractivity contribution is -0.120. The molecule has 1 aromatic heterocycles. The highest BCUT2D eigenvalue weighted by atomic mass is 32.2. The highest BCUT2D eigenvalue weighted by Crippen LogP contribution is 2.28. The van der Waals surface area contributed by atoms with Crippen molar-refractivity contribution in [3.05, 3.63) is 29.8 Å². The van der Waals surface area contributed by atoms with Crippen LogP contribution in [0.5, 0.6) is 0 Å². The zero-order valence-electron chi connectivity index (χ0n) is 18.4. The molecular weight excluding hydrogens is 433 g/mol. The van der Waals surface area contributed by atoms with E-state index in [1.54, 1.807) is 12.1 Å². The summed E-state index contributed by atoms with van der Waals surface area (Å²) >= 11 is 0. The topological polar surface area (TPSA) is 97.2 Å². The molecule has 1 amide bonds. The number of carbonyl (C=O) groups is 1. The molecule has 174 valence electrons. The van der Waals surface area contributed by atoms with Crippen molar-refractivity contribution in [2.75, 3.05) is 24.2 Å². The number of hydrogen-bond donors (Lipinski definition) is 1. The first-order chi connectivity index (χ1) is 15.4. The Hall–Kier alpha value is -2.33. The van der Waals surface area contributed by atoms with Gasteiger partial charge in [0.2, 0.25) is 15.9 Å². The molecule has 2 aromatic rings. The van der Waals surface area contributed by atoms with Gasteiger partial charge in [-0.1, -0.05) is 13.3 Å². The van der Waals surface area contributed by atoms with Crippen LogP contribution in [0.3, 0.4) is 0 Å². The molecule has 0 saturated carbocycles. The van der Waals surface area contributed by atoms with E-state index < -0.39 is 21.8 Å². The van der Waals surface area contributed by atoms with Crippen LogP contribution in [-0.2, 0) is 27.8 Å². The van der Waals surface area contributed by atoms with E-state index in [4.69, 9.17) is 0 Å². The monoisotopic (exact) mass is 463 g/mol. The number of carbonyl (C=O) groups excluding carboxylic acids is 1. The van der Waals surface area contributed by atoms with E-state index in [0.29, 0.717) is 37.2 Å². The van der Waals surface area contributed by atoms with Gasteiger partial charge >= 0.3 is 0 Å². The van der Waals surface area contributed by atoms with Crippen molar-refractivity contribution in [3.8, 4) is 11.4 Å². The number of nitrogens with zero attached hydrogens (tertiary/aromatic N) is 4. The number of aryl methyl sites for hydroxylation is 1. The summed E-state index contributed by atoms with van der Waals surface area (Å²) in [7, 11) is -3.37. The molecule has 8 nitrogen and oxygen atoms in total. The fourth-order valence-electron chi connectivity index (χ4n) is 4.49. The van der Waals surface area contributed by atoms with Crippen LogP contribution in [0, 0.1) is 11.7 Å². The Morgan fingerprint density at radius 2 is 2.03 bits per heavy atom. The van der Waals surface area contributed by atoms with E-state index in [9.17, 15) is 17.6 Å². The number of piperidine rings is 1. The number of nitrogens with one attached hydrogen (secondary N) is 1. The minimum absolute atomic E-state index is 0.0701. The summed E-state index contributed by atoms with van der Waals surface area (Å²) in [6.45, 7) is 3.19. The average molecular weight is 464 g/mol. The molecule has 0 radical (unpaired) electrons. The number of aromatic nitrogens is 3. The molecule has 1 N–H and O–H groups in total. The number of fused-ring (bicyclic) bond motifs is 1. The van der Waals surface area contributed by atoms with Crippen LogP contribution in [0.4, 0.5) is 10.1 Å². The maximum Gasteiger partial charge on any atom is 0.228 e. The number of anilines is 1. The lowest BCUT2D eigenvalue weighted by Gasteiger charge is -2.31. The zero-order chi connectivity index (χ0) is 22.7. The molecule has 2 aliphatic rings. The second kappa shape index (κ2) is 9.66. The van der Waals surface area contributed by atoms with E-state index in [2.05, 4.69) is 20.1 Å². The van der Waals surface area contributed by atoms with Crippen LogP contribution in [0.15, 0.2) is 18.2 Å². The summed E-state index contributed by atoms with van der Waals surface area (Å²) in [5, 5.41) is 11.3. The Kier molecular flexibility index (Phi) is 6.90. The van der Waals surface area contributed by atoms with Gasteiger partial charge in [0.05, 0.1) is 17.4 Å². The fraction of sp³-hybridized carbons (Fsp3) is 0.591. The maximum atomic E-state index is 14.5. The Morgan fingerprint density at radius 1 is 1.19 bits per heavy atom. The van der Waals surface area contributed by atoms with Crippen molar-refractivity contribution in [3.63, 3.8) is 0 Å². The summed E-state index contributed by atoms with van der Waals surface area (Å²) in [5.41, 5.74) is 0.769. The third-order valence-corrected chi connectivity index (χ3v) is 8.24. The molecule has 1 fully saturated rings. The Balaban J connectivity index is 1.51. The first-order valence-corrected chi connectivity index (χ1v) is 13.0. The van der Waals surface area contributed by atoms with Crippen molar-refractivity contribution >= 4 is 21.6 Å². The number of rotatable bonds is 6. The second-order valence-electron chi connectivity index (χ2n) is 8.60. The van der Waals surface area contributed by atoms with Crippen molar-refractivity contribution < 1.29 is 17.6 Å². The highest BCUT2D eigenvalue weighted by molar-refractivity contribution is 7.89. The van der Waals surface area contributed by atoms with Gasteiger partial charge in [-0.15, -0.1) is 10.2 Å². The molecule has 10 heteroatoms. The van der Waals surface area contributed by atoms with Gasteiger partial charge in [0.1, 0.15) is 11.6 Å². The molecule has 4 rings (SSSR count). The van der Waals surface area contributed by atoms with Crippen LogP contribution in [-0.4, -0.2) is 52.2 Å². The predicted molar refractivity (Wildman–Crippen MR) is 120 cm³/mol. The van der Waals surface area contributed by atoms with Crippen molar-refractivity contribution in [2.45, 2.75) is 58.4 Å². The smallest absolute Gasteiger partial charge is 0.228 e. The first-order valence-electron chi connectivity index (χ1n) is 11.4. The van der Waals surface area contributed by atoms with E-state index in [-0.39, 0.29) is 23.9 Å². The van der Waals surface area contributed by atoms with Gasteiger partial charge < -0.3 is 9.88 Å². The molecule has 0 bridgehead atoms. The summed E-state index contributed by atoms with van der Waals surface area (Å²) in [6, 6.07) is 4.55. The van der Waals surface area contributed by atoms with Gasteiger partial charge in [-0.2, -0.15) is 0 Å². The van der Waals surface area contributed by atoms with E-state index in [1.165, 1.54) is 10.4 Å². The summed E-state index contributed by atoms with van der Waals surface area (Å²) in [4.78, 5) is 12.9. The van der Waals surface area contributed by atoms with Crippen LogP contribution in [0.25, 0.3) is 11.4 Å². The standard InChI is InChI=1S/C22H30FN5O3S/c1-2-13-32(30,31)27-11-6-7-17(15-27)22(29)24-19-14-16(9-10-18(19)23)21-26-25-20-8-4-3-5-12-28(20)21/h9-10,14,17H,2-8,11-13,15H2,1H3,(H,24,29). The molecular formula is C22H30FN5O3S. The Labute approximate surface area is 188 Å². The molecule has 2 aliphatic heterocycles. The van der Waals surface area contributed by atoms with Crippen LogP contribution in [0.1, 0.15) is 51.3 Å². The van der Waals surface area contributed by atoms with Gasteiger partial charge in [-0.25, -0.2) is 17.1 Å². The van der Waals surface area contributed by atoms with E-state index in [1.807, 2.05) is 6.92 Å². The minimum Gasteiger partial charge on any atom is -0.323 e. The SMILES string of the molecule is CCCS(=O)(=O)N1CCCC(C(=O)Nc2cc(-c3nnc4n3CCCCC4)ccc2F)C1. The predicted octanol–water partition coefficient (Wildman–Crippen LogP) is 3.20. The van der Waals surface area contributed by atoms with Crippen molar-refractivity contribution in [1.29, 1.82) is 0 Å². The van der Waals surface area contributed by atoms with Crippen LogP contribution in [0.2, 0.25) is 0 Å². The maximum absolute atomic E-state index is 14.5. The highest BCUT2D eigenvalue weighted by Gasteiger charge is 2.32. The minimum atomic E-state index is -3.37. The van der Waals surface area contributed by atoms with Gasteiger partial charge in [0.15, 0.2) is 5.82 Å². The van der Waals surface area contributed by atoms with Crippen molar-refractivity contribution in [2.24, 2.45) is 5.92 Å². The second-order valence-corrected chi connectivity index (χ2v) is 10.7. The van der Waals surface area contributed by atoms with Gasteiger partial charge in [-0.3, -0.25) is 4.79 Å². The summed E-state index contributed by atoms with van der Waals surface area (Å²) in [5.74, 6) is 0.264. The number of benzene rings is 1. The lowest BCUT2D eigenvalue weighted by Crippen LogP contribution is -2.44. The molecule has 0 spiro atoms. The lowest BCUT2D eigenvalue weighted by atomic mass is 9.98. The molecule has 3 heterocycles. The molecule has 1 saturated heterocycles. The quantitative estimate of drug-likeness (QED) is 0.710.